The molecule has 0 saturated heterocycles. The van der Waals surface area contributed by atoms with Gasteiger partial charge in [0.25, 0.3) is 0 Å². The molecule has 0 bridgehead atoms. The number of hydrogen-bond donors (Lipinski definition) is 2. The molecule has 2 N–H and O–H groups in total. The van der Waals surface area contributed by atoms with Crippen molar-refractivity contribution in [3.8, 4) is 0 Å². The quantitative estimate of drug-likeness (QED) is 0.877. The Hall–Kier alpha value is -2.05. The Balaban J connectivity index is 2.18. The van der Waals surface area contributed by atoms with E-state index in [1.54, 1.807) is 0 Å². The Morgan fingerprint density at radius 1 is 1.21 bits per heavy atom. The van der Waals surface area contributed by atoms with Gasteiger partial charge in [-0.05, 0) is 43.4 Å². The lowest BCUT2D eigenvalue weighted by atomic mass is 9.97. The third-order valence-corrected chi connectivity index (χ3v) is 4.32. The number of nitrogens with one attached hydrogen (secondary N) is 2. The molecule has 0 spiro atoms. The molecule has 4 nitrogen and oxygen atoms in total. The van der Waals surface area contributed by atoms with Gasteiger partial charge in [0.05, 0.1) is 5.56 Å². The van der Waals surface area contributed by atoms with Crippen LogP contribution in [0.3, 0.4) is 0 Å². The molecule has 0 aromatic heterocycles. The third kappa shape index (κ3) is 4.49. The maximum absolute atomic E-state index is 13.0. The normalized spacial score (nSPS) is 16.7. The molecule has 7 heteroatoms. The lowest BCUT2D eigenvalue weighted by molar-refractivity contribution is -0.138. The molecular formula is C17H21F3N2O2. The van der Waals surface area contributed by atoms with Crippen molar-refractivity contribution in [1.29, 1.82) is 0 Å². The zero-order valence-electron chi connectivity index (χ0n) is 13.7. The van der Waals surface area contributed by atoms with E-state index in [1.807, 2.05) is 0 Å². The van der Waals surface area contributed by atoms with Gasteiger partial charge in [-0.15, -0.1) is 0 Å². The summed E-state index contributed by atoms with van der Waals surface area (Å²) in [6, 6.07) is 2.96. The number of amides is 2. The molecule has 1 aromatic carbocycles. The molecule has 1 atom stereocenters. The first-order chi connectivity index (χ1) is 11.2. The van der Waals surface area contributed by atoms with Gasteiger partial charge in [-0.2, -0.15) is 13.2 Å². The summed E-state index contributed by atoms with van der Waals surface area (Å²) in [5.74, 6) is -0.794. The zero-order valence-corrected chi connectivity index (χ0v) is 13.7. The summed E-state index contributed by atoms with van der Waals surface area (Å²) in [5.41, 5.74) is -0.613. The highest BCUT2D eigenvalue weighted by atomic mass is 19.4. The van der Waals surface area contributed by atoms with Crippen LogP contribution in [-0.4, -0.2) is 17.9 Å². The first-order valence-corrected chi connectivity index (χ1v) is 7.94. The molecular weight excluding hydrogens is 321 g/mol. The number of carbonyl (C=O) groups is 2. The number of hydrogen-bond acceptors (Lipinski definition) is 2. The van der Waals surface area contributed by atoms with Crippen molar-refractivity contribution >= 4 is 17.5 Å². The van der Waals surface area contributed by atoms with E-state index in [0.29, 0.717) is 0 Å². The van der Waals surface area contributed by atoms with Crippen LogP contribution in [0.25, 0.3) is 0 Å². The van der Waals surface area contributed by atoms with Gasteiger partial charge in [0, 0.05) is 12.6 Å². The minimum absolute atomic E-state index is 0.0152. The highest BCUT2D eigenvalue weighted by molar-refractivity contribution is 5.97. The Bertz CT molecular complexity index is 623. The molecule has 2 rings (SSSR count). The average Bonchev–Trinajstić information content (AvgIpc) is 2.99. The molecule has 24 heavy (non-hydrogen) atoms. The summed E-state index contributed by atoms with van der Waals surface area (Å²) in [7, 11) is 0. The second-order valence-corrected chi connectivity index (χ2v) is 6.24. The lowest BCUT2D eigenvalue weighted by Gasteiger charge is -2.23. The van der Waals surface area contributed by atoms with Crippen LogP contribution in [0.5, 0.6) is 0 Å². The van der Waals surface area contributed by atoms with Gasteiger partial charge in [0.15, 0.2) is 0 Å². The maximum Gasteiger partial charge on any atom is 0.416 e. The fraction of sp³-hybridized carbons (Fsp3) is 0.529. The van der Waals surface area contributed by atoms with E-state index in [0.717, 1.165) is 31.7 Å². The van der Waals surface area contributed by atoms with Crippen molar-refractivity contribution in [3.63, 3.8) is 0 Å². The number of aryl methyl sites for hydroxylation is 1. The molecule has 2 amide bonds. The van der Waals surface area contributed by atoms with E-state index in [-0.39, 0.29) is 23.1 Å². The molecule has 1 unspecified atom stereocenters. The van der Waals surface area contributed by atoms with Gasteiger partial charge in [-0.3, -0.25) is 9.59 Å². The Kier molecular flexibility index (Phi) is 5.51. The van der Waals surface area contributed by atoms with Gasteiger partial charge >= 0.3 is 6.18 Å². The fourth-order valence-electron chi connectivity index (χ4n) is 3.13. The molecule has 1 fully saturated rings. The van der Waals surface area contributed by atoms with Gasteiger partial charge in [-0.25, -0.2) is 0 Å². The molecule has 1 aromatic rings. The Morgan fingerprint density at radius 2 is 1.83 bits per heavy atom. The molecule has 0 radical (unpaired) electrons. The highest BCUT2D eigenvalue weighted by Gasteiger charge is 2.34. The van der Waals surface area contributed by atoms with Crippen molar-refractivity contribution < 1.29 is 22.8 Å². The molecule has 0 aliphatic heterocycles. The number of anilines is 1. The zero-order chi connectivity index (χ0) is 17.9. The number of halogens is 3. The maximum atomic E-state index is 13.0. The first-order valence-electron chi connectivity index (χ1n) is 7.94. The predicted octanol–water partition coefficient (Wildman–Crippen LogP) is 3.65. The molecule has 1 saturated carbocycles. The summed E-state index contributed by atoms with van der Waals surface area (Å²) in [5, 5.41) is 5.14. The van der Waals surface area contributed by atoms with Crippen LogP contribution < -0.4 is 10.6 Å². The van der Waals surface area contributed by atoms with E-state index in [4.69, 9.17) is 0 Å². The van der Waals surface area contributed by atoms with Crippen LogP contribution in [0.4, 0.5) is 18.9 Å². The monoisotopic (exact) mass is 342 g/mol. The van der Waals surface area contributed by atoms with Gasteiger partial charge < -0.3 is 10.6 Å². The molecule has 1 aliphatic rings. The Labute approximate surface area is 138 Å². The third-order valence-electron chi connectivity index (χ3n) is 4.32. The Morgan fingerprint density at radius 3 is 2.38 bits per heavy atom. The average molecular weight is 342 g/mol. The summed E-state index contributed by atoms with van der Waals surface area (Å²) < 4.78 is 38.9. The number of alkyl halides is 3. The highest BCUT2D eigenvalue weighted by Crippen LogP contribution is 2.34. The van der Waals surface area contributed by atoms with Crippen LogP contribution in [0.1, 0.15) is 43.7 Å². The minimum Gasteiger partial charge on any atom is -0.344 e. The number of benzene rings is 1. The standard InChI is InChI=1S/C17H21F3N2O2/c1-10-7-8-13(9-14(10)17(18,19)20)22-16(24)15(21-11(2)23)12-5-3-4-6-12/h7-9,12,15H,3-6H2,1-2H3,(H,21,23)(H,22,24). The summed E-state index contributed by atoms with van der Waals surface area (Å²) in [6.07, 6.45) is -0.874. The first kappa shape index (κ1) is 18.3. The molecule has 132 valence electrons. The summed E-state index contributed by atoms with van der Waals surface area (Å²) in [6.45, 7) is 2.69. The smallest absolute Gasteiger partial charge is 0.344 e. The van der Waals surface area contributed by atoms with Crippen LogP contribution >= 0.6 is 0 Å². The SMILES string of the molecule is CC(=O)NC(C(=O)Nc1ccc(C)c(C(F)(F)F)c1)C1CCCC1. The summed E-state index contributed by atoms with van der Waals surface area (Å²) >= 11 is 0. The van der Waals surface area contributed by atoms with Gasteiger partial charge in [0.2, 0.25) is 11.8 Å². The largest absolute Gasteiger partial charge is 0.416 e. The van der Waals surface area contributed by atoms with E-state index >= 15 is 0 Å². The van der Waals surface area contributed by atoms with Crippen LogP contribution in [0.2, 0.25) is 0 Å². The predicted molar refractivity (Wildman–Crippen MR) is 84.4 cm³/mol. The lowest BCUT2D eigenvalue weighted by Crippen LogP contribution is -2.47. The fourth-order valence-corrected chi connectivity index (χ4v) is 3.13. The van der Waals surface area contributed by atoms with Gasteiger partial charge in [-0.1, -0.05) is 18.9 Å². The van der Waals surface area contributed by atoms with E-state index < -0.39 is 23.7 Å². The minimum atomic E-state index is -4.48. The molecule has 0 heterocycles. The van der Waals surface area contributed by atoms with Crippen molar-refractivity contribution in [2.45, 2.75) is 51.7 Å². The van der Waals surface area contributed by atoms with Crippen molar-refractivity contribution in [3.05, 3.63) is 29.3 Å². The summed E-state index contributed by atoms with van der Waals surface area (Å²) in [4.78, 5) is 23.8. The number of rotatable bonds is 4. The van der Waals surface area contributed by atoms with E-state index in [9.17, 15) is 22.8 Å². The van der Waals surface area contributed by atoms with Crippen LogP contribution in [0.15, 0.2) is 18.2 Å². The second-order valence-electron chi connectivity index (χ2n) is 6.24. The second kappa shape index (κ2) is 7.23. The molecule has 1 aliphatic carbocycles. The van der Waals surface area contributed by atoms with E-state index in [2.05, 4.69) is 10.6 Å². The van der Waals surface area contributed by atoms with Crippen molar-refractivity contribution in [1.82, 2.24) is 5.32 Å². The van der Waals surface area contributed by atoms with Crippen LogP contribution in [-0.2, 0) is 15.8 Å². The van der Waals surface area contributed by atoms with Crippen molar-refractivity contribution in [2.24, 2.45) is 5.92 Å². The van der Waals surface area contributed by atoms with Crippen LogP contribution in [0, 0.1) is 12.8 Å². The number of carbonyl (C=O) groups excluding carboxylic acids is 2. The van der Waals surface area contributed by atoms with Gasteiger partial charge in [0.1, 0.15) is 6.04 Å². The topological polar surface area (TPSA) is 58.2 Å². The van der Waals surface area contributed by atoms with Crippen molar-refractivity contribution in [2.75, 3.05) is 5.32 Å². The van der Waals surface area contributed by atoms with E-state index in [1.165, 1.54) is 26.0 Å².